The first-order chi connectivity index (χ1) is 12.0. The van der Waals surface area contributed by atoms with E-state index in [0.29, 0.717) is 30.1 Å². The van der Waals surface area contributed by atoms with E-state index in [4.69, 9.17) is 4.74 Å². The lowest BCUT2D eigenvalue weighted by molar-refractivity contribution is -0.118. The van der Waals surface area contributed by atoms with E-state index in [2.05, 4.69) is 5.32 Å². The normalized spacial score (nSPS) is 10.2. The first kappa shape index (κ1) is 18.5. The second-order valence-electron chi connectivity index (χ2n) is 5.66. The van der Waals surface area contributed by atoms with Crippen LogP contribution < -0.4 is 10.1 Å². The van der Waals surface area contributed by atoms with Crippen molar-refractivity contribution in [3.8, 4) is 5.75 Å². The predicted octanol–water partition coefficient (Wildman–Crippen LogP) is 3.49. The minimum atomic E-state index is -0.268. The fraction of sp³-hybridized carbons (Fsp3) is 0.300. The van der Waals surface area contributed by atoms with Gasteiger partial charge >= 0.3 is 0 Å². The summed E-state index contributed by atoms with van der Waals surface area (Å²) >= 11 is 0. The minimum Gasteiger partial charge on any atom is -0.483 e. The van der Waals surface area contributed by atoms with Crippen LogP contribution in [0.3, 0.4) is 0 Å². The molecular formula is C20H24N2O3. The van der Waals surface area contributed by atoms with Crippen LogP contribution in [0.4, 0.5) is 5.69 Å². The first-order valence-corrected chi connectivity index (χ1v) is 8.42. The Morgan fingerprint density at radius 3 is 2.44 bits per heavy atom. The molecular weight excluding hydrogens is 316 g/mol. The third-order valence-corrected chi connectivity index (χ3v) is 3.90. The lowest BCUT2D eigenvalue weighted by Crippen LogP contribution is -2.30. The van der Waals surface area contributed by atoms with Crippen molar-refractivity contribution in [1.29, 1.82) is 0 Å². The zero-order valence-corrected chi connectivity index (χ0v) is 14.9. The number of nitrogens with zero attached hydrogens (tertiary/aromatic N) is 1. The Morgan fingerprint density at radius 2 is 1.76 bits per heavy atom. The van der Waals surface area contributed by atoms with Gasteiger partial charge in [0.05, 0.1) is 0 Å². The molecule has 132 valence electrons. The first-order valence-electron chi connectivity index (χ1n) is 8.42. The van der Waals surface area contributed by atoms with Gasteiger partial charge in [-0.2, -0.15) is 0 Å². The monoisotopic (exact) mass is 340 g/mol. The molecule has 1 N–H and O–H groups in total. The molecule has 5 heteroatoms. The molecule has 0 fully saturated rings. The molecule has 0 aliphatic carbocycles. The van der Waals surface area contributed by atoms with Gasteiger partial charge in [-0.25, -0.2) is 0 Å². The number of benzene rings is 2. The lowest BCUT2D eigenvalue weighted by atomic mass is 10.1. The van der Waals surface area contributed by atoms with Gasteiger partial charge in [-0.1, -0.05) is 24.3 Å². The summed E-state index contributed by atoms with van der Waals surface area (Å²) in [5.41, 5.74) is 2.11. The number of amides is 2. The average molecular weight is 340 g/mol. The van der Waals surface area contributed by atoms with Crippen LogP contribution >= 0.6 is 0 Å². The summed E-state index contributed by atoms with van der Waals surface area (Å²) in [5.74, 6) is 0.371. The predicted molar refractivity (Wildman–Crippen MR) is 99.0 cm³/mol. The van der Waals surface area contributed by atoms with Crippen LogP contribution in [0, 0.1) is 6.92 Å². The fourth-order valence-electron chi connectivity index (χ4n) is 2.48. The maximum atomic E-state index is 12.4. The summed E-state index contributed by atoms with van der Waals surface area (Å²) in [6.07, 6.45) is 0. The number of carbonyl (C=O) groups is 2. The van der Waals surface area contributed by atoms with Gasteiger partial charge in [0.2, 0.25) is 0 Å². The van der Waals surface area contributed by atoms with Crippen LogP contribution in [0.2, 0.25) is 0 Å². The van der Waals surface area contributed by atoms with Crippen molar-refractivity contribution < 1.29 is 14.3 Å². The standard InChI is InChI=1S/C20H24N2O3/c1-4-22(5-2)20(24)16-10-8-11-17(13-16)21-19(23)14-25-18-12-7-6-9-15(18)3/h6-13H,4-5,14H2,1-3H3,(H,21,23). The second kappa shape index (κ2) is 8.87. The molecule has 0 heterocycles. The van der Waals surface area contributed by atoms with Crippen LogP contribution in [0.25, 0.3) is 0 Å². The van der Waals surface area contributed by atoms with Crippen molar-refractivity contribution in [3.05, 3.63) is 59.7 Å². The Hall–Kier alpha value is -2.82. The molecule has 0 aliphatic heterocycles. The number of nitrogens with one attached hydrogen (secondary N) is 1. The quantitative estimate of drug-likeness (QED) is 0.839. The third kappa shape index (κ3) is 5.08. The van der Waals surface area contributed by atoms with E-state index in [0.717, 1.165) is 5.56 Å². The topological polar surface area (TPSA) is 58.6 Å². The van der Waals surface area contributed by atoms with E-state index in [1.807, 2.05) is 45.0 Å². The van der Waals surface area contributed by atoms with E-state index in [9.17, 15) is 9.59 Å². The molecule has 0 radical (unpaired) electrons. The number of hydrogen-bond acceptors (Lipinski definition) is 3. The van der Waals surface area contributed by atoms with Gasteiger partial charge in [0.25, 0.3) is 11.8 Å². The molecule has 0 atom stereocenters. The number of rotatable bonds is 7. The number of aryl methyl sites for hydroxylation is 1. The summed E-state index contributed by atoms with van der Waals surface area (Å²) in [4.78, 5) is 26.2. The molecule has 0 unspecified atom stereocenters. The van der Waals surface area contributed by atoms with Crippen molar-refractivity contribution >= 4 is 17.5 Å². The summed E-state index contributed by atoms with van der Waals surface area (Å²) in [5, 5.41) is 2.77. The number of para-hydroxylation sites is 1. The molecule has 0 bridgehead atoms. The van der Waals surface area contributed by atoms with E-state index in [1.54, 1.807) is 29.2 Å². The molecule has 2 aromatic rings. The average Bonchev–Trinajstić information content (AvgIpc) is 2.62. The van der Waals surface area contributed by atoms with Gasteiger partial charge in [-0.15, -0.1) is 0 Å². The van der Waals surface area contributed by atoms with Gasteiger partial charge in [0, 0.05) is 24.3 Å². The molecule has 0 aromatic heterocycles. The van der Waals surface area contributed by atoms with Gasteiger partial charge in [0.15, 0.2) is 6.61 Å². The third-order valence-electron chi connectivity index (χ3n) is 3.90. The Labute approximate surface area is 148 Å². The molecule has 0 aliphatic rings. The molecule has 0 saturated heterocycles. The smallest absolute Gasteiger partial charge is 0.262 e. The summed E-state index contributed by atoms with van der Waals surface area (Å²) in [6.45, 7) is 7.02. The Kier molecular flexibility index (Phi) is 6.57. The van der Waals surface area contributed by atoms with Crippen LogP contribution in [0.5, 0.6) is 5.75 Å². The number of ether oxygens (including phenoxy) is 1. The van der Waals surface area contributed by atoms with Crippen LogP contribution in [0.15, 0.2) is 48.5 Å². The molecule has 0 saturated carbocycles. The minimum absolute atomic E-state index is 0.0442. The van der Waals surface area contributed by atoms with Gasteiger partial charge in [-0.05, 0) is 50.6 Å². The van der Waals surface area contributed by atoms with Crippen molar-refractivity contribution in [3.63, 3.8) is 0 Å². The van der Waals surface area contributed by atoms with Gasteiger partial charge in [-0.3, -0.25) is 9.59 Å². The number of hydrogen-bond donors (Lipinski definition) is 1. The molecule has 5 nitrogen and oxygen atoms in total. The maximum absolute atomic E-state index is 12.4. The molecule has 25 heavy (non-hydrogen) atoms. The largest absolute Gasteiger partial charge is 0.483 e. The highest BCUT2D eigenvalue weighted by Crippen LogP contribution is 2.16. The summed E-state index contributed by atoms with van der Waals surface area (Å²) < 4.78 is 5.53. The Bertz CT molecular complexity index is 739. The summed E-state index contributed by atoms with van der Waals surface area (Å²) in [7, 11) is 0. The van der Waals surface area contributed by atoms with Crippen molar-refractivity contribution in [2.45, 2.75) is 20.8 Å². The van der Waals surface area contributed by atoms with E-state index < -0.39 is 0 Å². The maximum Gasteiger partial charge on any atom is 0.262 e. The highest BCUT2D eigenvalue weighted by molar-refractivity contribution is 5.97. The van der Waals surface area contributed by atoms with Gasteiger partial charge < -0.3 is 15.0 Å². The molecule has 0 spiro atoms. The zero-order chi connectivity index (χ0) is 18.2. The van der Waals surface area contributed by atoms with E-state index >= 15 is 0 Å². The molecule has 2 aromatic carbocycles. The fourth-order valence-corrected chi connectivity index (χ4v) is 2.48. The number of carbonyl (C=O) groups excluding carboxylic acids is 2. The summed E-state index contributed by atoms with van der Waals surface area (Å²) in [6, 6.07) is 14.5. The van der Waals surface area contributed by atoms with Crippen molar-refractivity contribution in [1.82, 2.24) is 4.90 Å². The highest BCUT2D eigenvalue weighted by Gasteiger charge is 2.13. The van der Waals surface area contributed by atoms with Gasteiger partial charge in [0.1, 0.15) is 5.75 Å². The van der Waals surface area contributed by atoms with Crippen molar-refractivity contribution in [2.24, 2.45) is 0 Å². The van der Waals surface area contributed by atoms with E-state index in [-0.39, 0.29) is 18.4 Å². The van der Waals surface area contributed by atoms with E-state index in [1.165, 1.54) is 0 Å². The van der Waals surface area contributed by atoms with Crippen LogP contribution in [0.1, 0.15) is 29.8 Å². The SMILES string of the molecule is CCN(CC)C(=O)c1cccc(NC(=O)COc2ccccc2C)c1. The Balaban J connectivity index is 1.98. The zero-order valence-electron chi connectivity index (χ0n) is 14.9. The van der Waals surface area contributed by atoms with Crippen molar-refractivity contribution in [2.75, 3.05) is 25.0 Å². The number of anilines is 1. The molecule has 2 amide bonds. The second-order valence-corrected chi connectivity index (χ2v) is 5.66. The Morgan fingerprint density at radius 1 is 1.04 bits per heavy atom. The highest BCUT2D eigenvalue weighted by atomic mass is 16.5. The molecule has 2 rings (SSSR count). The lowest BCUT2D eigenvalue weighted by Gasteiger charge is -2.19. The van der Waals surface area contributed by atoms with Crippen LogP contribution in [-0.2, 0) is 4.79 Å². The van der Waals surface area contributed by atoms with Crippen LogP contribution in [-0.4, -0.2) is 36.4 Å².